The van der Waals surface area contributed by atoms with E-state index in [1.165, 1.54) is 12.3 Å². The van der Waals surface area contributed by atoms with Crippen molar-refractivity contribution in [3.8, 4) is 0 Å². The second-order valence-corrected chi connectivity index (χ2v) is 2.84. The smallest absolute Gasteiger partial charge is 0.381 e. The van der Waals surface area contributed by atoms with E-state index in [1.54, 1.807) is 13.2 Å². The highest BCUT2D eigenvalue weighted by molar-refractivity contribution is 5.94. The van der Waals surface area contributed by atoms with Gasteiger partial charge in [-0.3, -0.25) is 4.79 Å². The number of ether oxygens (including phenoxy) is 2. The second kappa shape index (κ2) is 5.98. The van der Waals surface area contributed by atoms with Gasteiger partial charge in [-0.25, -0.2) is 4.79 Å². The van der Waals surface area contributed by atoms with Gasteiger partial charge in [-0.15, -0.1) is 0 Å². The van der Waals surface area contributed by atoms with Crippen molar-refractivity contribution in [1.29, 1.82) is 0 Å². The Kier molecular flexibility index (Phi) is 4.56. The molecule has 0 aliphatic carbocycles. The minimum Gasteiger partial charge on any atom is -0.457 e. The topological polar surface area (TPSA) is 65.7 Å². The molecule has 15 heavy (non-hydrogen) atoms. The van der Waals surface area contributed by atoms with E-state index >= 15 is 0 Å². The molecule has 0 atom stereocenters. The fraction of sp³-hybridized carbons (Fsp3) is 0.400. The Labute approximate surface area is 87.0 Å². The number of methoxy groups -OCH3 is 1. The van der Waals surface area contributed by atoms with Crippen molar-refractivity contribution >= 4 is 11.9 Å². The average molecular weight is 212 g/mol. The van der Waals surface area contributed by atoms with Crippen molar-refractivity contribution in [1.82, 2.24) is 0 Å². The summed E-state index contributed by atoms with van der Waals surface area (Å²) < 4.78 is 14.0. The van der Waals surface area contributed by atoms with Crippen molar-refractivity contribution in [2.24, 2.45) is 0 Å². The first-order chi connectivity index (χ1) is 7.24. The highest BCUT2D eigenvalue weighted by Crippen LogP contribution is 2.04. The third kappa shape index (κ3) is 3.95. The molecule has 82 valence electrons. The van der Waals surface area contributed by atoms with E-state index in [9.17, 15) is 9.59 Å². The summed E-state index contributed by atoms with van der Waals surface area (Å²) in [7, 11) is 1.54. The van der Waals surface area contributed by atoms with Gasteiger partial charge in [0.15, 0.2) is 0 Å². The van der Waals surface area contributed by atoms with Gasteiger partial charge in [-0.05, 0) is 18.6 Å². The van der Waals surface area contributed by atoms with Crippen LogP contribution in [0.25, 0.3) is 0 Å². The molecule has 0 bridgehead atoms. The maximum atomic E-state index is 11.2. The van der Waals surface area contributed by atoms with Crippen LogP contribution in [0.2, 0.25) is 0 Å². The van der Waals surface area contributed by atoms with Crippen molar-refractivity contribution in [2.75, 3.05) is 13.7 Å². The Morgan fingerprint density at radius 2 is 2.27 bits per heavy atom. The monoisotopic (exact) mass is 212 g/mol. The van der Waals surface area contributed by atoms with Gasteiger partial charge in [0.25, 0.3) is 0 Å². The number of furan rings is 1. The Morgan fingerprint density at radius 3 is 2.87 bits per heavy atom. The summed E-state index contributed by atoms with van der Waals surface area (Å²) in [6.07, 6.45) is 2.02. The summed E-state index contributed by atoms with van der Waals surface area (Å²) in [5.74, 6) is -1.31. The van der Waals surface area contributed by atoms with Crippen molar-refractivity contribution in [2.45, 2.75) is 12.8 Å². The molecular weight excluding hydrogens is 200 g/mol. The number of carbonyl (C=O) groups is 2. The van der Waals surface area contributed by atoms with Crippen LogP contribution in [0.4, 0.5) is 0 Å². The third-order valence-corrected chi connectivity index (χ3v) is 1.66. The quantitative estimate of drug-likeness (QED) is 0.419. The van der Waals surface area contributed by atoms with Crippen LogP contribution < -0.4 is 0 Å². The van der Waals surface area contributed by atoms with Crippen LogP contribution in [-0.4, -0.2) is 25.7 Å². The van der Waals surface area contributed by atoms with E-state index in [4.69, 9.17) is 9.15 Å². The van der Waals surface area contributed by atoms with Gasteiger partial charge in [-0.1, -0.05) is 0 Å². The van der Waals surface area contributed by atoms with Crippen LogP contribution in [0.5, 0.6) is 0 Å². The van der Waals surface area contributed by atoms with E-state index < -0.39 is 11.9 Å². The summed E-state index contributed by atoms with van der Waals surface area (Å²) in [4.78, 5) is 22.3. The van der Waals surface area contributed by atoms with Gasteiger partial charge in [0, 0.05) is 20.1 Å². The molecule has 0 radical (unpaired) electrons. The first-order valence-corrected chi connectivity index (χ1v) is 4.51. The summed E-state index contributed by atoms with van der Waals surface area (Å²) in [5.41, 5.74) is 0. The van der Waals surface area contributed by atoms with E-state index in [0.717, 1.165) is 0 Å². The van der Waals surface area contributed by atoms with Crippen molar-refractivity contribution in [3.05, 3.63) is 24.2 Å². The number of carbonyl (C=O) groups excluding carboxylic acids is 2. The number of hydrogen-bond acceptors (Lipinski definition) is 5. The maximum absolute atomic E-state index is 11.2. The Hall–Kier alpha value is -1.62. The molecule has 0 saturated heterocycles. The SMILES string of the molecule is COCCCC(=O)OC(=O)c1ccco1. The standard InChI is InChI=1S/C10H12O5/c1-13-6-3-5-9(11)15-10(12)8-4-2-7-14-8/h2,4,7H,3,5-6H2,1H3. The number of hydrogen-bond donors (Lipinski definition) is 0. The van der Waals surface area contributed by atoms with Gasteiger partial charge in [0.1, 0.15) is 0 Å². The van der Waals surface area contributed by atoms with Gasteiger partial charge in [0.05, 0.1) is 6.26 Å². The minimum absolute atomic E-state index is 0.0232. The lowest BCUT2D eigenvalue weighted by molar-refractivity contribution is -0.138. The predicted molar refractivity (Wildman–Crippen MR) is 50.2 cm³/mol. The summed E-state index contributed by atoms with van der Waals surface area (Å²) in [6.45, 7) is 0.462. The van der Waals surface area contributed by atoms with Crippen LogP contribution in [0, 0.1) is 0 Å². The molecule has 1 aromatic rings. The molecule has 1 rings (SSSR count). The lowest BCUT2D eigenvalue weighted by atomic mass is 10.3. The maximum Gasteiger partial charge on any atom is 0.381 e. The molecular formula is C10H12O5. The predicted octanol–water partition coefficient (Wildman–Crippen LogP) is 1.39. The lowest BCUT2D eigenvalue weighted by Crippen LogP contribution is -2.12. The highest BCUT2D eigenvalue weighted by Gasteiger charge is 2.14. The Bertz CT molecular complexity index is 315. The van der Waals surface area contributed by atoms with Crippen LogP contribution >= 0.6 is 0 Å². The van der Waals surface area contributed by atoms with Crippen LogP contribution in [0.3, 0.4) is 0 Å². The summed E-state index contributed by atoms with van der Waals surface area (Å²) in [5, 5.41) is 0. The molecule has 1 heterocycles. The molecule has 1 aromatic heterocycles. The lowest BCUT2D eigenvalue weighted by Gasteiger charge is -2.00. The second-order valence-electron chi connectivity index (χ2n) is 2.84. The first-order valence-electron chi connectivity index (χ1n) is 4.51. The molecule has 0 amide bonds. The molecule has 0 spiro atoms. The third-order valence-electron chi connectivity index (χ3n) is 1.66. The van der Waals surface area contributed by atoms with Gasteiger partial charge < -0.3 is 13.9 Å². The van der Waals surface area contributed by atoms with E-state index in [-0.39, 0.29) is 12.2 Å². The number of esters is 2. The highest BCUT2D eigenvalue weighted by atomic mass is 16.6. The Balaban J connectivity index is 2.29. The van der Waals surface area contributed by atoms with Gasteiger partial charge in [-0.2, -0.15) is 0 Å². The van der Waals surface area contributed by atoms with Gasteiger partial charge >= 0.3 is 11.9 Å². The van der Waals surface area contributed by atoms with E-state index in [0.29, 0.717) is 13.0 Å². The largest absolute Gasteiger partial charge is 0.457 e. The summed E-state index contributed by atoms with van der Waals surface area (Å²) >= 11 is 0. The first kappa shape index (κ1) is 11.5. The van der Waals surface area contributed by atoms with Crippen LogP contribution in [-0.2, 0) is 14.3 Å². The molecule has 0 aliphatic rings. The van der Waals surface area contributed by atoms with Crippen LogP contribution in [0.15, 0.2) is 22.8 Å². The van der Waals surface area contributed by atoms with E-state index in [2.05, 4.69) is 4.74 Å². The summed E-state index contributed by atoms with van der Waals surface area (Å²) in [6, 6.07) is 2.98. The minimum atomic E-state index is -0.762. The molecule has 5 nitrogen and oxygen atoms in total. The Morgan fingerprint density at radius 1 is 1.47 bits per heavy atom. The molecule has 0 fully saturated rings. The zero-order valence-electron chi connectivity index (χ0n) is 8.39. The van der Waals surface area contributed by atoms with Crippen molar-refractivity contribution in [3.63, 3.8) is 0 Å². The average Bonchev–Trinajstić information content (AvgIpc) is 2.70. The van der Waals surface area contributed by atoms with Gasteiger partial charge in [0.2, 0.25) is 5.76 Å². The molecule has 0 aliphatic heterocycles. The zero-order chi connectivity index (χ0) is 11.1. The molecule has 0 saturated carbocycles. The molecule has 0 aromatic carbocycles. The normalized spacial score (nSPS) is 9.93. The van der Waals surface area contributed by atoms with E-state index in [1.807, 2.05) is 0 Å². The molecule has 0 unspecified atom stereocenters. The zero-order valence-corrected chi connectivity index (χ0v) is 8.39. The molecule has 5 heteroatoms. The number of rotatable bonds is 5. The fourth-order valence-electron chi connectivity index (χ4n) is 0.960. The van der Waals surface area contributed by atoms with Crippen molar-refractivity contribution < 1.29 is 23.5 Å². The van der Waals surface area contributed by atoms with Crippen LogP contribution in [0.1, 0.15) is 23.4 Å². The molecule has 0 N–H and O–H groups in total. The fourth-order valence-corrected chi connectivity index (χ4v) is 0.960.